The molecule has 1 fully saturated rings. The van der Waals surface area contributed by atoms with Crippen molar-refractivity contribution in [1.82, 2.24) is 10.2 Å². The lowest BCUT2D eigenvalue weighted by molar-refractivity contribution is -0.137. The summed E-state index contributed by atoms with van der Waals surface area (Å²) in [6, 6.07) is 4.61. The first-order valence-corrected chi connectivity index (χ1v) is 8.64. The Labute approximate surface area is 147 Å². The van der Waals surface area contributed by atoms with Gasteiger partial charge in [0.15, 0.2) is 5.17 Å². The molecule has 5 nitrogen and oxygen atoms in total. The predicted octanol–water partition coefficient (Wildman–Crippen LogP) is 3.18. The van der Waals surface area contributed by atoms with Gasteiger partial charge in [0.05, 0.1) is 11.3 Å². The first kappa shape index (κ1) is 19.3. The van der Waals surface area contributed by atoms with Gasteiger partial charge in [0.1, 0.15) is 5.25 Å². The molecule has 0 aliphatic carbocycles. The summed E-state index contributed by atoms with van der Waals surface area (Å²) in [6.07, 6.45) is -4.45. The highest BCUT2D eigenvalue weighted by Gasteiger charge is 2.38. The molecule has 0 aromatic heterocycles. The first-order chi connectivity index (χ1) is 11.8. The Hall–Kier alpha value is -2.03. The van der Waals surface area contributed by atoms with Crippen molar-refractivity contribution >= 4 is 34.4 Å². The van der Waals surface area contributed by atoms with Crippen molar-refractivity contribution in [3.05, 3.63) is 29.8 Å². The van der Waals surface area contributed by atoms with Crippen molar-refractivity contribution in [2.45, 2.75) is 31.7 Å². The van der Waals surface area contributed by atoms with Gasteiger partial charge in [-0.25, -0.2) is 4.99 Å². The van der Waals surface area contributed by atoms with Crippen LogP contribution in [-0.4, -0.2) is 40.2 Å². The maximum absolute atomic E-state index is 12.8. The number of hydrogen-bond donors (Lipinski definition) is 1. The van der Waals surface area contributed by atoms with Crippen molar-refractivity contribution in [1.29, 1.82) is 0 Å². The predicted molar refractivity (Wildman–Crippen MR) is 90.6 cm³/mol. The van der Waals surface area contributed by atoms with Crippen LogP contribution in [0.5, 0.6) is 0 Å². The Balaban J connectivity index is 2.24. The van der Waals surface area contributed by atoms with Crippen LogP contribution in [0.25, 0.3) is 0 Å². The van der Waals surface area contributed by atoms with E-state index in [2.05, 4.69) is 10.3 Å². The minimum absolute atomic E-state index is 0.00938. The Morgan fingerprint density at radius 1 is 1.36 bits per heavy atom. The van der Waals surface area contributed by atoms with Crippen LogP contribution in [-0.2, 0) is 15.8 Å². The summed E-state index contributed by atoms with van der Waals surface area (Å²) in [4.78, 5) is 29.6. The second kappa shape index (κ2) is 7.90. The fourth-order valence-corrected chi connectivity index (χ4v) is 3.54. The number of rotatable bonds is 5. The number of hydrogen-bond acceptors (Lipinski definition) is 4. The zero-order valence-corrected chi connectivity index (χ0v) is 14.6. The highest BCUT2D eigenvalue weighted by atomic mass is 32.2. The molecule has 0 saturated carbocycles. The Morgan fingerprint density at radius 2 is 2.08 bits per heavy atom. The Morgan fingerprint density at radius 3 is 2.68 bits per heavy atom. The quantitative estimate of drug-likeness (QED) is 0.862. The number of alkyl halides is 3. The van der Waals surface area contributed by atoms with E-state index in [9.17, 15) is 22.8 Å². The first-order valence-electron chi connectivity index (χ1n) is 7.77. The molecule has 136 valence electrons. The molecule has 0 bridgehead atoms. The molecule has 25 heavy (non-hydrogen) atoms. The van der Waals surface area contributed by atoms with Crippen molar-refractivity contribution in [2.24, 2.45) is 4.99 Å². The monoisotopic (exact) mass is 373 g/mol. The number of benzene rings is 1. The Bertz CT molecular complexity index is 691. The lowest BCUT2D eigenvalue weighted by Gasteiger charge is -2.13. The molecule has 1 N–H and O–H groups in total. The van der Waals surface area contributed by atoms with Crippen LogP contribution in [0.3, 0.4) is 0 Å². The van der Waals surface area contributed by atoms with Gasteiger partial charge in [0, 0.05) is 19.5 Å². The molecule has 9 heteroatoms. The fourth-order valence-electron chi connectivity index (χ4n) is 2.32. The molecular weight excluding hydrogens is 355 g/mol. The number of amides is 2. The van der Waals surface area contributed by atoms with Crippen LogP contribution in [0.15, 0.2) is 29.3 Å². The van der Waals surface area contributed by atoms with Crippen LogP contribution in [0.2, 0.25) is 0 Å². The van der Waals surface area contributed by atoms with E-state index in [0.717, 1.165) is 23.9 Å². The topological polar surface area (TPSA) is 61.8 Å². The molecule has 1 aliphatic rings. The number of thioether (sulfide) groups is 1. The van der Waals surface area contributed by atoms with E-state index in [1.165, 1.54) is 17.0 Å². The summed E-state index contributed by atoms with van der Waals surface area (Å²) in [6.45, 7) is 4.32. The third-order valence-corrected chi connectivity index (χ3v) is 4.65. The summed E-state index contributed by atoms with van der Waals surface area (Å²) in [7, 11) is 0. The molecular formula is C16H18F3N3O2S. The molecule has 1 aliphatic heterocycles. The SMILES string of the molecule is CCNC(=O)CC1SC(=Nc2cccc(C(F)(F)F)c2)N(CC)C1=O. The van der Waals surface area contributed by atoms with E-state index >= 15 is 0 Å². The van der Waals surface area contributed by atoms with Crippen molar-refractivity contribution in [2.75, 3.05) is 13.1 Å². The summed E-state index contributed by atoms with van der Waals surface area (Å²) >= 11 is 1.10. The number of nitrogens with one attached hydrogen (secondary N) is 1. The van der Waals surface area contributed by atoms with Gasteiger partial charge in [0.25, 0.3) is 0 Å². The largest absolute Gasteiger partial charge is 0.416 e. The van der Waals surface area contributed by atoms with Crippen LogP contribution in [0.4, 0.5) is 18.9 Å². The average molecular weight is 373 g/mol. The number of aliphatic imine (C=N–C) groups is 1. The number of nitrogens with zero attached hydrogens (tertiary/aromatic N) is 2. The van der Waals surface area contributed by atoms with E-state index in [1.807, 2.05) is 0 Å². The maximum Gasteiger partial charge on any atom is 0.416 e. The normalized spacial score (nSPS) is 19.6. The smallest absolute Gasteiger partial charge is 0.356 e. The Kier molecular flexibility index (Phi) is 6.10. The fraction of sp³-hybridized carbons (Fsp3) is 0.438. The van der Waals surface area contributed by atoms with Crippen molar-refractivity contribution in [3.8, 4) is 0 Å². The highest BCUT2D eigenvalue weighted by Crippen LogP contribution is 2.34. The van der Waals surface area contributed by atoms with Gasteiger partial charge in [-0.2, -0.15) is 13.2 Å². The van der Waals surface area contributed by atoms with Crippen molar-refractivity contribution < 1.29 is 22.8 Å². The number of amidine groups is 1. The summed E-state index contributed by atoms with van der Waals surface area (Å²) < 4.78 is 38.4. The van der Waals surface area contributed by atoms with Gasteiger partial charge in [-0.05, 0) is 32.0 Å². The molecule has 2 amide bonds. The summed E-state index contributed by atoms with van der Waals surface area (Å²) in [5.74, 6) is -0.505. The third kappa shape index (κ3) is 4.75. The van der Waals surface area contributed by atoms with Crippen LogP contribution in [0, 0.1) is 0 Å². The van der Waals surface area contributed by atoms with Crippen LogP contribution in [0.1, 0.15) is 25.8 Å². The number of halogens is 3. The summed E-state index contributed by atoms with van der Waals surface area (Å²) in [5.41, 5.74) is -0.687. The van der Waals surface area contributed by atoms with Gasteiger partial charge >= 0.3 is 6.18 Å². The van der Waals surface area contributed by atoms with Gasteiger partial charge < -0.3 is 5.32 Å². The molecule has 1 aromatic carbocycles. The molecule has 1 saturated heterocycles. The van der Waals surface area contributed by atoms with E-state index in [1.54, 1.807) is 13.8 Å². The maximum atomic E-state index is 12.8. The van der Waals surface area contributed by atoms with E-state index in [0.29, 0.717) is 18.3 Å². The van der Waals surface area contributed by atoms with Crippen LogP contribution < -0.4 is 5.32 Å². The zero-order valence-electron chi connectivity index (χ0n) is 13.8. The lowest BCUT2D eigenvalue weighted by Crippen LogP contribution is -2.34. The van der Waals surface area contributed by atoms with Crippen molar-refractivity contribution in [3.63, 3.8) is 0 Å². The van der Waals surface area contributed by atoms with Crippen LogP contribution >= 0.6 is 11.8 Å². The molecule has 1 unspecified atom stereocenters. The van der Waals surface area contributed by atoms with E-state index in [4.69, 9.17) is 0 Å². The summed E-state index contributed by atoms with van der Waals surface area (Å²) in [5, 5.41) is 2.32. The van der Waals surface area contributed by atoms with Gasteiger partial charge in [-0.3, -0.25) is 14.5 Å². The molecule has 0 spiro atoms. The van der Waals surface area contributed by atoms with E-state index < -0.39 is 17.0 Å². The average Bonchev–Trinajstić information content (AvgIpc) is 2.82. The van der Waals surface area contributed by atoms with Gasteiger partial charge in [-0.15, -0.1) is 0 Å². The zero-order chi connectivity index (χ0) is 18.6. The second-order valence-corrected chi connectivity index (χ2v) is 6.46. The highest BCUT2D eigenvalue weighted by molar-refractivity contribution is 8.15. The molecule has 0 radical (unpaired) electrons. The standard InChI is InChI=1S/C16H18F3N3O2S/c1-3-20-13(23)9-12-14(24)22(4-2)15(25-12)21-11-7-5-6-10(8-11)16(17,18)19/h5-8,12H,3-4,9H2,1-2H3,(H,20,23). The lowest BCUT2D eigenvalue weighted by atomic mass is 10.2. The molecule has 1 atom stereocenters. The number of carbonyl (C=O) groups is 2. The minimum atomic E-state index is -4.46. The van der Waals surface area contributed by atoms with E-state index in [-0.39, 0.29) is 23.9 Å². The minimum Gasteiger partial charge on any atom is -0.356 e. The number of carbonyl (C=O) groups excluding carboxylic acids is 2. The van der Waals surface area contributed by atoms with Gasteiger partial charge in [-0.1, -0.05) is 17.8 Å². The molecule has 1 aromatic rings. The molecule has 1 heterocycles. The molecule has 2 rings (SSSR count). The third-order valence-electron chi connectivity index (χ3n) is 3.48. The van der Waals surface area contributed by atoms with Gasteiger partial charge in [0.2, 0.25) is 11.8 Å². The second-order valence-electron chi connectivity index (χ2n) is 5.29.